The largest absolute Gasteiger partial charge is 0.388 e. The summed E-state index contributed by atoms with van der Waals surface area (Å²) in [5.74, 6) is -1.79. The van der Waals surface area contributed by atoms with Crippen molar-refractivity contribution in [2.45, 2.75) is 24.4 Å². The topological polar surface area (TPSA) is 158 Å². The lowest BCUT2D eigenvalue weighted by atomic mass is 9.95. The highest BCUT2D eigenvalue weighted by Gasteiger charge is 2.49. The molecule has 0 aromatic carbocycles. The molecule has 2 heterocycles. The monoisotopic (exact) mass is 340 g/mol. The molecule has 2 aliphatic rings. The Bertz CT molecular complexity index is 522. The van der Waals surface area contributed by atoms with E-state index in [9.17, 15) is 19.8 Å². The maximum atomic E-state index is 11.6. The molecule has 0 aromatic rings. The number of rotatable bonds is 4. The Morgan fingerprint density at radius 1 is 1.38 bits per heavy atom. The molecule has 3 unspecified atom stereocenters. The maximum Gasteiger partial charge on any atom is 0.347 e. The Labute approximate surface area is 123 Å². The van der Waals surface area contributed by atoms with Crippen molar-refractivity contribution in [3.05, 3.63) is 0 Å². The number of hydrogen-bond donors (Lipinski definition) is 5. The lowest BCUT2D eigenvalue weighted by Crippen LogP contribution is -2.48. The Kier molecular flexibility index (Phi) is 4.85. The number of aliphatic hydroxyl groups excluding tert-OH is 2. The van der Waals surface area contributed by atoms with Gasteiger partial charge in [0.25, 0.3) is 0 Å². The molecule has 5 atom stereocenters. The number of amides is 3. The summed E-state index contributed by atoms with van der Waals surface area (Å²) in [6, 6.07) is -0.828. The van der Waals surface area contributed by atoms with E-state index in [0.29, 0.717) is 0 Å². The normalized spacial score (nSPS) is 36.9. The molecular weight excluding hydrogens is 327 g/mol. The highest BCUT2D eigenvalue weighted by Crippen LogP contribution is 2.38. The van der Waals surface area contributed by atoms with Crippen LogP contribution in [0.1, 0.15) is 0 Å². The van der Waals surface area contributed by atoms with Crippen LogP contribution >= 0.6 is 6.72 Å². The van der Waals surface area contributed by atoms with E-state index >= 15 is 0 Å². The van der Waals surface area contributed by atoms with Gasteiger partial charge >= 0.3 is 12.7 Å². The van der Waals surface area contributed by atoms with Gasteiger partial charge in [0.1, 0.15) is 30.3 Å². The van der Waals surface area contributed by atoms with Crippen LogP contribution in [0.5, 0.6) is 0 Å². The third kappa shape index (κ3) is 3.90. The van der Waals surface area contributed by atoms with Crippen LogP contribution in [-0.2, 0) is 25.9 Å². The van der Waals surface area contributed by atoms with Crippen LogP contribution in [0.2, 0.25) is 0 Å². The molecule has 10 nitrogen and oxygen atoms in total. The fourth-order valence-electron chi connectivity index (χ4n) is 2.05. The number of urea groups is 1. The maximum absolute atomic E-state index is 11.6. The van der Waals surface area contributed by atoms with Gasteiger partial charge in [0.2, 0.25) is 5.91 Å². The van der Waals surface area contributed by atoms with Crippen LogP contribution in [0.25, 0.3) is 0 Å². The number of nitrogens with zero attached hydrogens (tertiary/aromatic N) is 1. The van der Waals surface area contributed by atoms with Gasteiger partial charge in [0.05, 0.1) is 6.61 Å². The SMILES string of the molecule is O=C1N=CC([C@@H]2O[C@H](COP(O)(O)=S)C(O)C2O)C(=O)N1. The predicted molar refractivity (Wildman–Crippen MR) is 70.9 cm³/mol. The molecule has 5 N–H and O–H groups in total. The standard InChI is InChI=1S/C9H13N2O8PS/c12-5-4(2-18-20(16,17)21)19-7(6(5)13)3-1-10-9(15)11-8(3)14/h1,3-7,12-13H,2H2,(H,11,14,15)(H2,16,17,21)/t3?,4-,5?,6?,7+/m1/s1. The van der Waals surface area contributed by atoms with E-state index < -0.39 is 55.6 Å². The van der Waals surface area contributed by atoms with Gasteiger partial charge in [-0.25, -0.2) is 9.79 Å². The summed E-state index contributed by atoms with van der Waals surface area (Å²) < 4.78 is 9.85. The molecule has 0 aromatic heterocycles. The van der Waals surface area contributed by atoms with Gasteiger partial charge in [0.15, 0.2) is 0 Å². The lowest BCUT2D eigenvalue weighted by Gasteiger charge is -2.23. The zero-order chi connectivity index (χ0) is 15.8. The number of ether oxygens (including phenoxy) is 1. The summed E-state index contributed by atoms with van der Waals surface area (Å²) >= 11 is 4.25. The molecule has 0 saturated carbocycles. The van der Waals surface area contributed by atoms with Crippen molar-refractivity contribution >= 4 is 36.7 Å². The second-order valence-corrected chi connectivity index (χ2v) is 7.17. The van der Waals surface area contributed by atoms with Crippen LogP contribution in [0, 0.1) is 5.92 Å². The Balaban J connectivity index is 2.06. The molecular formula is C9H13N2O8PS. The fourth-order valence-corrected chi connectivity index (χ4v) is 2.58. The zero-order valence-electron chi connectivity index (χ0n) is 10.4. The Morgan fingerprint density at radius 2 is 2.05 bits per heavy atom. The number of carbonyl (C=O) groups excluding carboxylic acids is 2. The van der Waals surface area contributed by atoms with Gasteiger partial charge in [-0.3, -0.25) is 10.1 Å². The van der Waals surface area contributed by atoms with Crippen molar-refractivity contribution in [1.82, 2.24) is 5.32 Å². The van der Waals surface area contributed by atoms with E-state index in [-0.39, 0.29) is 0 Å². The average Bonchev–Trinajstić information content (AvgIpc) is 2.64. The van der Waals surface area contributed by atoms with Crippen molar-refractivity contribution in [2.24, 2.45) is 10.9 Å². The highest BCUT2D eigenvalue weighted by atomic mass is 32.5. The minimum atomic E-state index is -3.93. The quantitative estimate of drug-likeness (QED) is 0.353. The van der Waals surface area contributed by atoms with Gasteiger partial charge in [-0.1, -0.05) is 0 Å². The van der Waals surface area contributed by atoms with E-state index in [0.717, 1.165) is 6.21 Å². The van der Waals surface area contributed by atoms with E-state index in [1.165, 1.54) is 0 Å². The summed E-state index contributed by atoms with van der Waals surface area (Å²) in [5, 5.41) is 21.6. The third-order valence-electron chi connectivity index (χ3n) is 3.05. The van der Waals surface area contributed by atoms with Crippen LogP contribution in [0.3, 0.4) is 0 Å². The number of aliphatic imine (C=N–C) groups is 1. The molecule has 2 aliphatic heterocycles. The van der Waals surface area contributed by atoms with Crippen molar-refractivity contribution in [3.63, 3.8) is 0 Å². The van der Waals surface area contributed by atoms with E-state index in [1.807, 2.05) is 5.32 Å². The molecule has 0 bridgehead atoms. The Morgan fingerprint density at radius 3 is 2.62 bits per heavy atom. The predicted octanol–water partition coefficient (Wildman–Crippen LogP) is -2.36. The first-order valence-corrected chi connectivity index (χ1v) is 8.42. The molecule has 0 radical (unpaired) electrons. The van der Waals surface area contributed by atoms with Crippen molar-refractivity contribution in [1.29, 1.82) is 0 Å². The zero-order valence-corrected chi connectivity index (χ0v) is 12.1. The van der Waals surface area contributed by atoms with Gasteiger partial charge in [0, 0.05) is 6.21 Å². The van der Waals surface area contributed by atoms with Crippen molar-refractivity contribution in [3.8, 4) is 0 Å². The average molecular weight is 340 g/mol. The first-order chi connectivity index (χ1) is 9.69. The van der Waals surface area contributed by atoms with Gasteiger partial charge in [-0.2, -0.15) is 0 Å². The summed E-state index contributed by atoms with van der Waals surface area (Å²) in [4.78, 5) is 43.8. The summed E-state index contributed by atoms with van der Waals surface area (Å²) in [6.45, 7) is -4.40. The van der Waals surface area contributed by atoms with Crippen molar-refractivity contribution in [2.75, 3.05) is 6.61 Å². The van der Waals surface area contributed by atoms with Gasteiger partial charge in [-0.15, -0.1) is 0 Å². The molecule has 0 spiro atoms. The smallest absolute Gasteiger partial charge is 0.347 e. The number of imide groups is 1. The van der Waals surface area contributed by atoms with Crippen molar-refractivity contribution < 1.29 is 38.8 Å². The molecule has 2 rings (SSSR count). The summed E-state index contributed by atoms with van der Waals surface area (Å²) in [6.07, 6.45) is -4.10. The minimum Gasteiger partial charge on any atom is -0.388 e. The second kappa shape index (κ2) is 6.15. The molecule has 21 heavy (non-hydrogen) atoms. The lowest BCUT2D eigenvalue weighted by molar-refractivity contribution is -0.127. The molecule has 12 heteroatoms. The van der Waals surface area contributed by atoms with E-state index in [2.05, 4.69) is 21.3 Å². The minimum absolute atomic E-state index is 0.469. The van der Waals surface area contributed by atoms with E-state index in [4.69, 9.17) is 14.5 Å². The van der Waals surface area contributed by atoms with Gasteiger partial charge < -0.3 is 29.3 Å². The van der Waals surface area contributed by atoms with Crippen LogP contribution in [0.15, 0.2) is 4.99 Å². The number of aliphatic hydroxyl groups is 2. The first kappa shape index (κ1) is 16.6. The molecule has 1 saturated heterocycles. The second-order valence-electron chi connectivity index (χ2n) is 4.51. The molecule has 3 amide bonds. The molecule has 1 fully saturated rings. The van der Waals surface area contributed by atoms with Crippen LogP contribution in [0.4, 0.5) is 4.79 Å². The summed E-state index contributed by atoms with van der Waals surface area (Å²) in [5.41, 5.74) is 0. The number of carbonyl (C=O) groups is 2. The number of nitrogens with one attached hydrogen (secondary N) is 1. The third-order valence-corrected chi connectivity index (χ3v) is 3.85. The first-order valence-electron chi connectivity index (χ1n) is 5.80. The highest BCUT2D eigenvalue weighted by molar-refractivity contribution is 8.06. The molecule has 0 aliphatic carbocycles. The van der Waals surface area contributed by atoms with Crippen LogP contribution < -0.4 is 5.32 Å². The van der Waals surface area contributed by atoms with E-state index in [1.54, 1.807) is 0 Å². The fraction of sp³-hybridized carbons (Fsp3) is 0.667. The van der Waals surface area contributed by atoms with Crippen LogP contribution in [-0.4, -0.2) is 69.2 Å². The Hall–Kier alpha value is -0.780. The summed E-state index contributed by atoms with van der Waals surface area (Å²) in [7, 11) is 0. The van der Waals surface area contributed by atoms with Gasteiger partial charge in [-0.05, 0) is 11.8 Å². The number of hydrogen-bond acceptors (Lipinski definition) is 7. The molecule has 118 valence electrons.